The maximum atomic E-state index is 12.5. The van der Waals surface area contributed by atoms with E-state index in [0.717, 1.165) is 5.56 Å². The van der Waals surface area contributed by atoms with Gasteiger partial charge in [-0.05, 0) is 42.8 Å². The molecule has 2 amide bonds. The molecule has 4 nitrogen and oxygen atoms in total. The Kier molecular flexibility index (Phi) is 5.23. The summed E-state index contributed by atoms with van der Waals surface area (Å²) in [5, 5.41) is 4.15. The van der Waals surface area contributed by atoms with Crippen molar-refractivity contribution >= 4 is 58.0 Å². The third-order valence-electron chi connectivity index (χ3n) is 4.16. The van der Waals surface area contributed by atoms with Gasteiger partial charge in [0.2, 0.25) is 11.8 Å². The molecule has 2 aromatic rings. The number of carbonyl (C=O) groups excluding carboxylic acids is 2. The molecule has 3 rings (SSSR count). The van der Waals surface area contributed by atoms with Crippen molar-refractivity contribution in [3.8, 4) is 0 Å². The first-order valence-electron chi connectivity index (χ1n) is 7.68. The Labute approximate surface area is 160 Å². The van der Waals surface area contributed by atoms with E-state index in [0.29, 0.717) is 26.4 Å². The molecule has 0 radical (unpaired) electrons. The third-order valence-corrected chi connectivity index (χ3v) is 5.21. The van der Waals surface area contributed by atoms with Crippen LogP contribution in [0.2, 0.25) is 15.1 Å². The lowest BCUT2D eigenvalue weighted by atomic mass is 10.1. The monoisotopic (exact) mass is 396 g/mol. The highest BCUT2D eigenvalue weighted by molar-refractivity contribution is 6.44. The van der Waals surface area contributed by atoms with Crippen LogP contribution in [0.3, 0.4) is 0 Å². The van der Waals surface area contributed by atoms with Gasteiger partial charge in [0, 0.05) is 23.7 Å². The van der Waals surface area contributed by atoms with Crippen molar-refractivity contribution in [1.29, 1.82) is 0 Å². The predicted octanol–water partition coefficient (Wildman–Crippen LogP) is 4.95. The van der Waals surface area contributed by atoms with E-state index in [-0.39, 0.29) is 24.8 Å². The van der Waals surface area contributed by atoms with Crippen LogP contribution in [0.4, 0.5) is 11.4 Å². The molecule has 1 aliphatic rings. The Balaban J connectivity index is 1.75. The molecule has 0 spiro atoms. The smallest absolute Gasteiger partial charge is 0.229 e. The van der Waals surface area contributed by atoms with Gasteiger partial charge in [-0.2, -0.15) is 0 Å². The van der Waals surface area contributed by atoms with Gasteiger partial charge in [-0.3, -0.25) is 9.59 Å². The van der Waals surface area contributed by atoms with Crippen molar-refractivity contribution < 1.29 is 9.59 Å². The molecule has 1 unspecified atom stereocenters. The van der Waals surface area contributed by atoms with Crippen molar-refractivity contribution in [2.75, 3.05) is 16.8 Å². The SMILES string of the molecule is Cc1cc(Cl)ccc1NC(=O)C1CC(=O)N(c2cccc(Cl)c2Cl)C1. The van der Waals surface area contributed by atoms with Gasteiger partial charge in [0.1, 0.15) is 0 Å². The van der Waals surface area contributed by atoms with E-state index in [9.17, 15) is 9.59 Å². The van der Waals surface area contributed by atoms with Crippen LogP contribution < -0.4 is 10.2 Å². The van der Waals surface area contributed by atoms with Crippen LogP contribution in [-0.4, -0.2) is 18.4 Å². The minimum absolute atomic E-state index is 0.126. The lowest BCUT2D eigenvalue weighted by molar-refractivity contribution is -0.122. The fourth-order valence-electron chi connectivity index (χ4n) is 2.82. The normalized spacial score (nSPS) is 17.0. The fourth-order valence-corrected chi connectivity index (χ4v) is 3.44. The molecule has 25 heavy (non-hydrogen) atoms. The van der Waals surface area contributed by atoms with Crippen molar-refractivity contribution in [2.45, 2.75) is 13.3 Å². The van der Waals surface area contributed by atoms with Gasteiger partial charge in [0.25, 0.3) is 0 Å². The molecule has 0 aliphatic carbocycles. The van der Waals surface area contributed by atoms with Crippen molar-refractivity contribution in [2.24, 2.45) is 5.92 Å². The van der Waals surface area contributed by atoms with Crippen molar-refractivity contribution in [3.63, 3.8) is 0 Å². The maximum Gasteiger partial charge on any atom is 0.229 e. The molecule has 7 heteroatoms. The summed E-state index contributed by atoms with van der Waals surface area (Å²) in [7, 11) is 0. The summed E-state index contributed by atoms with van der Waals surface area (Å²) < 4.78 is 0. The highest BCUT2D eigenvalue weighted by Crippen LogP contribution is 2.36. The van der Waals surface area contributed by atoms with Gasteiger partial charge in [0.15, 0.2) is 0 Å². The van der Waals surface area contributed by atoms with Gasteiger partial charge in [-0.1, -0.05) is 40.9 Å². The number of hydrogen-bond acceptors (Lipinski definition) is 2. The van der Waals surface area contributed by atoms with Gasteiger partial charge in [-0.25, -0.2) is 0 Å². The Hall–Kier alpha value is -1.75. The van der Waals surface area contributed by atoms with Crippen LogP contribution in [0.1, 0.15) is 12.0 Å². The highest BCUT2D eigenvalue weighted by Gasteiger charge is 2.36. The van der Waals surface area contributed by atoms with Crippen LogP contribution in [0, 0.1) is 12.8 Å². The largest absolute Gasteiger partial charge is 0.326 e. The van der Waals surface area contributed by atoms with E-state index in [2.05, 4.69) is 5.32 Å². The summed E-state index contributed by atoms with van der Waals surface area (Å²) >= 11 is 18.1. The van der Waals surface area contributed by atoms with Gasteiger partial charge >= 0.3 is 0 Å². The Morgan fingerprint density at radius 2 is 1.96 bits per heavy atom. The molecule has 0 bridgehead atoms. The first-order chi connectivity index (χ1) is 11.9. The van der Waals surface area contributed by atoms with Crippen molar-refractivity contribution in [1.82, 2.24) is 0 Å². The minimum atomic E-state index is -0.461. The number of anilines is 2. The topological polar surface area (TPSA) is 49.4 Å². The van der Waals surface area contributed by atoms with Gasteiger partial charge in [-0.15, -0.1) is 0 Å². The number of halogens is 3. The standard InChI is InChI=1S/C18H15Cl3N2O2/c1-10-7-12(19)5-6-14(10)22-18(25)11-8-16(24)23(9-11)15-4-2-3-13(20)17(15)21/h2-7,11H,8-9H2,1H3,(H,22,25). The Morgan fingerprint density at radius 1 is 1.20 bits per heavy atom. The van der Waals surface area contributed by atoms with Crippen LogP contribution in [0.15, 0.2) is 36.4 Å². The average molecular weight is 398 g/mol. The zero-order chi connectivity index (χ0) is 18.1. The second-order valence-corrected chi connectivity index (χ2v) is 7.15. The molecule has 1 N–H and O–H groups in total. The molecule has 1 heterocycles. The van der Waals surface area contributed by atoms with Crippen molar-refractivity contribution in [3.05, 3.63) is 57.0 Å². The molecule has 0 aromatic heterocycles. The summed E-state index contributed by atoms with van der Waals surface area (Å²) in [6.07, 6.45) is 0.126. The number of carbonyl (C=O) groups is 2. The number of nitrogens with one attached hydrogen (secondary N) is 1. The summed E-state index contributed by atoms with van der Waals surface area (Å²) in [6, 6.07) is 10.3. The van der Waals surface area contributed by atoms with E-state index in [1.54, 1.807) is 36.4 Å². The van der Waals surface area contributed by atoms with Crippen LogP contribution in [0.25, 0.3) is 0 Å². The summed E-state index contributed by atoms with van der Waals surface area (Å²) in [5.74, 6) is -0.825. The number of amides is 2. The predicted molar refractivity (Wildman–Crippen MR) is 102 cm³/mol. The molecule has 0 saturated carbocycles. The molecule has 2 aromatic carbocycles. The number of rotatable bonds is 3. The molecule has 1 aliphatic heterocycles. The molecular formula is C18H15Cl3N2O2. The maximum absolute atomic E-state index is 12.5. The molecule has 130 valence electrons. The Bertz CT molecular complexity index is 854. The van der Waals surface area contributed by atoms with E-state index in [4.69, 9.17) is 34.8 Å². The summed E-state index contributed by atoms with van der Waals surface area (Å²) in [4.78, 5) is 26.4. The Morgan fingerprint density at radius 3 is 2.68 bits per heavy atom. The van der Waals surface area contributed by atoms with E-state index in [1.807, 2.05) is 6.92 Å². The first-order valence-corrected chi connectivity index (χ1v) is 8.81. The summed E-state index contributed by atoms with van der Waals surface area (Å²) in [5.41, 5.74) is 2.07. The second kappa shape index (κ2) is 7.24. The fraction of sp³-hybridized carbons (Fsp3) is 0.222. The van der Waals surface area contributed by atoms with Crippen LogP contribution in [-0.2, 0) is 9.59 Å². The second-order valence-electron chi connectivity index (χ2n) is 5.93. The quantitative estimate of drug-likeness (QED) is 0.797. The average Bonchev–Trinajstić information content (AvgIpc) is 2.94. The lowest BCUT2D eigenvalue weighted by Crippen LogP contribution is -2.28. The van der Waals surface area contributed by atoms with Crippen LogP contribution >= 0.6 is 34.8 Å². The van der Waals surface area contributed by atoms with E-state index >= 15 is 0 Å². The van der Waals surface area contributed by atoms with E-state index < -0.39 is 5.92 Å². The zero-order valence-corrected chi connectivity index (χ0v) is 15.6. The third kappa shape index (κ3) is 3.76. The number of hydrogen-bond donors (Lipinski definition) is 1. The number of nitrogens with zero attached hydrogens (tertiary/aromatic N) is 1. The molecule has 1 fully saturated rings. The van der Waals surface area contributed by atoms with Crippen LogP contribution in [0.5, 0.6) is 0 Å². The number of benzene rings is 2. The first kappa shape index (κ1) is 18.1. The lowest BCUT2D eigenvalue weighted by Gasteiger charge is -2.19. The zero-order valence-electron chi connectivity index (χ0n) is 13.4. The molecule has 1 atom stereocenters. The molecule has 1 saturated heterocycles. The van der Waals surface area contributed by atoms with E-state index in [1.165, 1.54) is 4.90 Å². The summed E-state index contributed by atoms with van der Waals surface area (Å²) in [6.45, 7) is 2.12. The van der Waals surface area contributed by atoms with Gasteiger partial charge < -0.3 is 10.2 Å². The molecular weight excluding hydrogens is 383 g/mol. The van der Waals surface area contributed by atoms with Gasteiger partial charge in [0.05, 0.1) is 21.7 Å². The number of aryl methyl sites for hydroxylation is 1. The highest BCUT2D eigenvalue weighted by atomic mass is 35.5. The minimum Gasteiger partial charge on any atom is -0.326 e.